The zero-order valence-electron chi connectivity index (χ0n) is 8.48. The summed E-state index contributed by atoms with van der Waals surface area (Å²) in [5, 5.41) is 46.1. The highest BCUT2D eigenvalue weighted by molar-refractivity contribution is 5.77. The molecule has 94 valence electrons. The van der Waals surface area contributed by atoms with E-state index in [4.69, 9.17) is 14.9 Å². The Balaban J connectivity index is 3.06. The Morgan fingerprint density at radius 3 is 2.31 bits per heavy atom. The molecule has 5 N–H and O–H groups in total. The summed E-state index contributed by atoms with van der Waals surface area (Å²) in [7, 11) is 0.968. The normalized spacial score (nSPS) is 44.3. The summed E-state index contributed by atoms with van der Waals surface area (Å²) >= 11 is 0. The maximum atomic E-state index is 10.9. The van der Waals surface area contributed by atoms with Crippen LogP contribution in [0.15, 0.2) is 0 Å². The molecule has 8 heteroatoms. The van der Waals surface area contributed by atoms with Crippen LogP contribution in [0.1, 0.15) is 0 Å². The standard InChI is InChI=1S/C8H14O8/c1-15-8(7(13)14)6(12)5(11)4(10)3(2-9)16-8/h3-6,9-12H,2H2,1H3,(H,13,14)/t3-,4-,5+,6-,8?/m1/s1. The van der Waals surface area contributed by atoms with Gasteiger partial charge in [0.15, 0.2) is 0 Å². The molecule has 0 radical (unpaired) electrons. The highest BCUT2D eigenvalue weighted by atomic mass is 16.7. The molecule has 0 spiro atoms. The first-order valence-corrected chi connectivity index (χ1v) is 4.52. The number of aliphatic hydroxyl groups is 4. The fourth-order valence-electron chi connectivity index (χ4n) is 1.57. The highest BCUT2D eigenvalue weighted by Gasteiger charge is 2.59. The van der Waals surface area contributed by atoms with Gasteiger partial charge in [-0.25, -0.2) is 4.79 Å². The second-order valence-corrected chi connectivity index (χ2v) is 3.44. The van der Waals surface area contributed by atoms with Crippen molar-refractivity contribution in [2.45, 2.75) is 30.2 Å². The number of hydrogen-bond donors (Lipinski definition) is 5. The molecular weight excluding hydrogens is 224 g/mol. The van der Waals surface area contributed by atoms with Crippen molar-refractivity contribution in [3.63, 3.8) is 0 Å². The summed E-state index contributed by atoms with van der Waals surface area (Å²) in [6, 6.07) is 0. The molecule has 1 heterocycles. The molecule has 1 aliphatic rings. The highest BCUT2D eigenvalue weighted by Crippen LogP contribution is 2.30. The van der Waals surface area contributed by atoms with Gasteiger partial charge in [0, 0.05) is 7.11 Å². The van der Waals surface area contributed by atoms with E-state index in [2.05, 4.69) is 4.74 Å². The Kier molecular flexibility index (Phi) is 3.84. The number of hydrogen-bond acceptors (Lipinski definition) is 7. The van der Waals surface area contributed by atoms with Gasteiger partial charge in [-0.3, -0.25) is 0 Å². The Morgan fingerprint density at radius 2 is 1.94 bits per heavy atom. The third kappa shape index (κ3) is 1.79. The quantitative estimate of drug-likeness (QED) is 0.348. The predicted octanol–water partition coefficient (Wildman–Crippen LogP) is -3.11. The lowest BCUT2D eigenvalue weighted by atomic mass is 9.92. The average molecular weight is 238 g/mol. The van der Waals surface area contributed by atoms with Crippen molar-refractivity contribution in [1.29, 1.82) is 0 Å². The molecule has 0 saturated carbocycles. The third-order valence-corrected chi connectivity index (χ3v) is 2.55. The molecule has 1 rings (SSSR count). The van der Waals surface area contributed by atoms with Gasteiger partial charge in [-0.05, 0) is 0 Å². The van der Waals surface area contributed by atoms with Crippen molar-refractivity contribution < 1.29 is 39.8 Å². The minimum atomic E-state index is -2.49. The van der Waals surface area contributed by atoms with E-state index in [1.807, 2.05) is 0 Å². The van der Waals surface area contributed by atoms with Gasteiger partial charge in [-0.15, -0.1) is 0 Å². The summed E-state index contributed by atoms with van der Waals surface area (Å²) in [6.07, 6.45) is -6.70. The molecule has 1 aliphatic heterocycles. The maximum absolute atomic E-state index is 10.9. The van der Waals surface area contributed by atoms with Crippen LogP contribution in [0.25, 0.3) is 0 Å². The number of aliphatic carboxylic acids is 1. The second-order valence-electron chi connectivity index (χ2n) is 3.44. The first-order valence-electron chi connectivity index (χ1n) is 4.52. The van der Waals surface area contributed by atoms with Crippen LogP contribution in [-0.2, 0) is 14.3 Å². The molecule has 1 fully saturated rings. The molecule has 0 aromatic carbocycles. The van der Waals surface area contributed by atoms with E-state index in [9.17, 15) is 20.1 Å². The molecule has 1 saturated heterocycles. The minimum Gasteiger partial charge on any atom is -0.477 e. The van der Waals surface area contributed by atoms with E-state index in [1.165, 1.54) is 0 Å². The van der Waals surface area contributed by atoms with Crippen molar-refractivity contribution >= 4 is 5.97 Å². The molecule has 0 amide bonds. The molecule has 0 aliphatic carbocycles. The molecule has 0 aromatic rings. The minimum absolute atomic E-state index is 0.719. The molecule has 0 bridgehead atoms. The summed E-state index contributed by atoms with van der Waals surface area (Å²) in [4.78, 5) is 10.9. The predicted molar refractivity (Wildman–Crippen MR) is 47.4 cm³/mol. The van der Waals surface area contributed by atoms with Crippen LogP contribution < -0.4 is 0 Å². The Bertz CT molecular complexity index is 267. The molecule has 1 unspecified atom stereocenters. The van der Waals surface area contributed by atoms with Crippen LogP contribution in [0.4, 0.5) is 0 Å². The fraction of sp³-hybridized carbons (Fsp3) is 0.875. The number of carboxylic acid groups (broad SMARTS) is 1. The van der Waals surface area contributed by atoms with Gasteiger partial charge in [-0.2, -0.15) is 0 Å². The van der Waals surface area contributed by atoms with Crippen LogP contribution in [0, 0.1) is 0 Å². The second kappa shape index (κ2) is 4.62. The van der Waals surface area contributed by atoms with Gasteiger partial charge < -0.3 is 35.0 Å². The first kappa shape index (κ1) is 13.3. The van der Waals surface area contributed by atoms with Crippen molar-refractivity contribution in [3.8, 4) is 0 Å². The molecule has 5 atom stereocenters. The van der Waals surface area contributed by atoms with Crippen molar-refractivity contribution in [2.75, 3.05) is 13.7 Å². The average Bonchev–Trinajstić information content (AvgIpc) is 2.27. The molecular formula is C8H14O8. The Morgan fingerprint density at radius 1 is 1.38 bits per heavy atom. The van der Waals surface area contributed by atoms with E-state index < -0.39 is 42.8 Å². The largest absolute Gasteiger partial charge is 0.477 e. The number of aliphatic hydroxyl groups excluding tert-OH is 4. The number of carboxylic acids is 1. The SMILES string of the molecule is COC1(C(=O)O)O[C@H](CO)[C@@H](O)[C@H](O)[C@H]1O. The summed E-state index contributed by atoms with van der Waals surface area (Å²) in [5.41, 5.74) is 0. The number of methoxy groups -OCH3 is 1. The zero-order chi connectivity index (χ0) is 12.5. The van der Waals surface area contributed by atoms with E-state index in [-0.39, 0.29) is 0 Å². The van der Waals surface area contributed by atoms with Crippen LogP contribution >= 0.6 is 0 Å². The summed E-state index contributed by atoms with van der Waals surface area (Å²) < 4.78 is 9.35. The van der Waals surface area contributed by atoms with Crippen LogP contribution in [0.5, 0.6) is 0 Å². The van der Waals surface area contributed by atoms with Gasteiger partial charge in [0.25, 0.3) is 5.79 Å². The number of rotatable bonds is 3. The van der Waals surface area contributed by atoms with Crippen molar-refractivity contribution in [3.05, 3.63) is 0 Å². The van der Waals surface area contributed by atoms with Crippen LogP contribution in [-0.4, -0.2) is 75.4 Å². The smallest absolute Gasteiger partial charge is 0.367 e. The van der Waals surface area contributed by atoms with E-state index in [0.717, 1.165) is 7.11 Å². The van der Waals surface area contributed by atoms with E-state index in [1.54, 1.807) is 0 Å². The number of carbonyl (C=O) groups is 1. The molecule has 8 nitrogen and oxygen atoms in total. The first-order chi connectivity index (χ1) is 7.40. The number of ether oxygens (including phenoxy) is 2. The lowest BCUT2D eigenvalue weighted by molar-refractivity contribution is -0.345. The molecule has 16 heavy (non-hydrogen) atoms. The van der Waals surface area contributed by atoms with Gasteiger partial charge in [0.05, 0.1) is 6.61 Å². The zero-order valence-corrected chi connectivity index (χ0v) is 8.48. The van der Waals surface area contributed by atoms with E-state index in [0.29, 0.717) is 0 Å². The Labute approximate surface area is 90.6 Å². The topological polar surface area (TPSA) is 137 Å². The van der Waals surface area contributed by atoms with Gasteiger partial charge in [0.1, 0.15) is 24.4 Å². The monoisotopic (exact) mass is 238 g/mol. The summed E-state index contributed by atoms with van der Waals surface area (Å²) in [6.45, 7) is -0.719. The van der Waals surface area contributed by atoms with Crippen LogP contribution in [0.3, 0.4) is 0 Å². The fourth-order valence-corrected chi connectivity index (χ4v) is 1.57. The van der Waals surface area contributed by atoms with Crippen molar-refractivity contribution in [2.24, 2.45) is 0 Å². The Hall–Kier alpha value is -0.770. The van der Waals surface area contributed by atoms with Crippen LogP contribution in [0.2, 0.25) is 0 Å². The van der Waals surface area contributed by atoms with Crippen molar-refractivity contribution in [1.82, 2.24) is 0 Å². The third-order valence-electron chi connectivity index (χ3n) is 2.55. The van der Waals surface area contributed by atoms with Gasteiger partial charge in [-0.1, -0.05) is 0 Å². The summed E-state index contributed by atoms with van der Waals surface area (Å²) in [5.74, 6) is -4.15. The maximum Gasteiger partial charge on any atom is 0.367 e. The lowest BCUT2D eigenvalue weighted by Crippen LogP contribution is -2.68. The molecule has 0 aromatic heterocycles. The van der Waals surface area contributed by atoms with E-state index >= 15 is 0 Å². The lowest BCUT2D eigenvalue weighted by Gasteiger charge is -2.44. The van der Waals surface area contributed by atoms with Gasteiger partial charge >= 0.3 is 5.97 Å². The van der Waals surface area contributed by atoms with Gasteiger partial charge in [0.2, 0.25) is 0 Å².